The Kier molecular flexibility index (Phi) is 3.15. The highest BCUT2D eigenvalue weighted by Gasteiger charge is 2.16. The molecule has 56 valence electrons. The topological polar surface area (TPSA) is 35.2 Å². The van der Waals surface area contributed by atoms with Gasteiger partial charge in [-0.3, -0.25) is 0 Å². The molecular formula is C7H17NO. The van der Waals surface area contributed by atoms with Crippen molar-refractivity contribution in [1.29, 1.82) is 0 Å². The number of rotatable bonds is 3. The van der Waals surface area contributed by atoms with Crippen molar-refractivity contribution in [3.63, 3.8) is 0 Å². The molecule has 2 heteroatoms. The average molecular weight is 131 g/mol. The fourth-order valence-corrected chi connectivity index (χ4v) is 0.686. The molecule has 0 fully saturated rings. The highest BCUT2D eigenvalue weighted by molar-refractivity contribution is 4.69. The van der Waals surface area contributed by atoms with Crippen LogP contribution in [0.2, 0.25) is 0 Å². The van der Waals surface area contributed by atoms with Crippen LogP contribution in [-0.2, 0) is 4.74 Å². The lowest BCUT2D eigenvalue weighted by Gasteiger charge is -2.25. The van der Waals surface area contributed by atoms with Gasteiger partial charge in [0.25, 0.3) is 0 Å². The second kappa shape index (κ2) is 3.18. The molecule has 0 saturated carbocycles. The molecule has 0 bridgehead atoms. The Bertz CT molecular complexity index is 79.0. The second-order valence-electron chi connectivity index (χ2n) is 3.13. The molecule has 0 unspecified atom stereocenters. The van der Waals surface area contributed by atoms with Crippen LogP contribution in [0.15, 0.2) is 0 Å². The van der Waals surface area contributed by atoms with Gasteiger partial charge in [0.2, 0.25) is 0 Å². The highest BCUT2D eigenvalue weighted by atomic mass is 16.5. The summed E-state index contributed by atoms with van der Waals surface area (Å²) in [6.07, 6.45) is 0.267. The Hall–Kier alpha value is -0.0800. The molecule has 2 N–H and O–H groups in total. The van der Waals surface area contributed by atoms with E-state index in [0.29, 0.717) is 6.54 Å². The molecule has 0 radical (unpaired) electrons. The fraction of sp³-hybridized carbons (Fsp3) is 1.00. The minimum Gasteiger partial charge on any atom is -0.372 e. The van der Waals surface area contributed by atoms with E-state index in [1.54, 1.807) is 0 Å². The first kappa shape index (κ1) is 8.92. The van der Waals surface area contributed by atoms with E-state index in [4.69, 9.17) is 10.5 Å². The summed E-state index contributed by atoms with van der Waals surface area (Å²) >= 11 is 0. The summed E-state index contributed by atoms with van der Waals surface area (Å²) in [6, 6.07) is 0. The van der Waals surface area contributed by atoms with Gasteiger partial charge in [-0.15, -0.1) is 0 Å². The molecule has 0 heterocycles. The Morgan fingerprint density at radius 3 is 2.00 bits per heavy atom. The van der Waals surface area contributed by atoms with Crippen molar-refractivity contribution in [3.8, 4) is 0 Å². The lowest BCUT2D eigenvalue weighted by molar-refractivity contribution is -0.0488. The highest BCUT2D eigenvalue weighted by Crippen LogP contribution is 2.08. The Balaban J connectivity index is 3.58. The van der Waals surface area contributed by atoms with Crippen LogP contribution in [0.25, 0.3) is 0 Å². The third-order valence-electron chi connectivity index (χ3n) is 1.05. The lowest BCUT2D eigenvalue weighted by atomic mass is 10.1. The van der Waals surface area contributed by atoms with E-state index in [1.165, 1.54) is 0 Å². The maximum Gasteiger partial charge on any atom is 0.0751 e. The van der Waals surface area contributed by atoms with Crippen molar-refractivity contribution in [1.82, 2.24) is 0 Å². The summed E-state index contributed by atoms with van der Waals surface area (Å²) in [7, 11) is 0. The van der Waals surface area contributed by atoms with Crippen LogP contribution in [0.4, 0.5) is 0 Å². The summed E-state index contributed by atoms with van der Waals surface area (Å²) in [5.74, 6) is 0. The lowest BCUT2D eigenvalue weighted by Crippen LogP contribution is -2.36. The zero-order valence-electron chi connectivity index (χ0n) is 6.77. The summed E-state index contributed by atoms with van der Waals surface area (Å²) in [6.45, 7) is 8.58. The van der Waals surface area contributed by atoms with Crippen molar-refractivity contribution in [2.75, 3.05) is 6.54 Å². The van der Waals surface area contributed by atoms with Crippen LogP contribution >= 0.6 is 0 Å². The molecule has 0 aromatic heterocycles. The van der Waals surface area contributed by atoms with E-state index in [-0.39, 0.29) is 11.7 Å². The summed E-state index contributed by atoms with van der Waals surface area (Å²) in [4.78, 5) is 0. The van der Waals surface area contributed by atoms with Gasteiger partial charge in [0.05, 0.1) is 11.7 Å². The molecule has 9 heavy (non-hydrogen) atoms. The zero-order valence-corrected chi connectivity index (χ0v) is 6.77. The monoisotopic (exact) mass is 131 g/mol. The predicted octanol–water partition coefficient (Wildman–Crippen LogP) is 1.15. The maximum atomic E-state index is 5.46. The molecule has 0 aliphatic carbocycles. The molecular weight excluding hydrogens is 114 g/mol. The van der Waals surface area contributed by atoms with Crippen molar-refractivity contribution in [2.24, 2.45) is 5.73 Å². The number of hydrogen-bond acceptors (Lipinski definition) is 2. The van der Waals surface area contributed by atoms with Gasteiger partial charge in [0.15, 0.2) is 0 Å². The van der Waals surface area contributed by atoms with Gasteiger partial charge >= 0.3 is 0 Å². The Morgan fingerprint density at radius 2 is 1.89 bits per heavy atom. The van der Waals surface area contributed by atoms with Gasteiger partial charge in [-0.2, -0.15) is 0 Å². The average Bonchev–Trinajstić information content (AvgIpc) is 1.63. The van der Waals surface area contributed by atoms with Gasteiger partial charge in [-0.25, -0.2) is 0 Å². The molecule has 0 saturated heterocycles. The molecule has 0 aliphatic heterocycles. The standard InChI is InChI=1S/C7H17NO/c1-6(2)9-7(3,4)5-8/h6H,5,8H2,1-4H3. The van der Waals surface area contributed by atoms with E-state index < -0.39 is 0 Å². The number of hydrogen-bond donors (Lipinski definition) is 1. The van der Waals surface area contributed by atoms with Crippen LogP contribution < -0.4 is 5.73 Å². The smallest absolute Gasteiger partial charge is 0.0751 e. The molecule has 0 rings (SSSR count). The van der Waals surface area contributed by atoms with Crippen LogP contribution in [0.3, 0.4) is 0 Å². The summed E-state index contributed by atoms with van der Waals surface area (Å²) in [5.41, 5.74) is 5.27. The van der Waals surface area contributed by atoms with Crippen LogP contribution in [0, 0.1) is 0 Å². The van der Waals surface area contributed by atoms with E-state index in [1.807, 2.05) is 27.7 Å². The van der Waals surface area contributed by atoms with Gasteiger partial charge < -0.3 is 10.5 Å². The van der Waals surface area contributed by atoms with E-state index in [9.17, 15) is 0 Å². The molecule has 0 spiro atoms. The normalized spacial score (nSPS) is 12.7. The minimum absolute atomic E-state index is 0.159. The predicted molar refractivity (Wildman–Crippen MR) is 39.4 cm³/mol. The van der Waals surface area contributed by atoms with Gasteiger partial charge in [0.1, 0.15) is 0 Å². The minimum atomic E-state index is -0.159. The third kappa shape index (κ3) is 4.43. The SMILES string of the molecule is CC(C)OC(C)(C)CN. The largest absolute Gasteiger partial charge is 0.372 e. The van der Waals surface area contributed by atoms with Crippen LogP contribution in [0.1, 0.15) is 27.7 Å². The zero-order chi connectivity index (χ0) is 7.49. The van der Waals surface area contributed by atoms with E-state index in [2.05, 4.69) is 0 Å². The van der Waals surface area contributed by atoms with Crippen molar-refractivity contribution >= 4 is 0 Å². The van der Waals surface area contributed by atoms with E-state index in [0.717, 1.165) is 0 Å². The van der Waals surface area contributed by atoms with E-state index >= 15 is 0 Å². The van der Waals surface area contributed by atoms with Crippen LogP contribution in [-0.4, -0.2) is 18.2 Å². The van der Waals surface area contributed by atoms with Crippen molar-refractivity contribution in [3.05, 3.63) is 0 Å². The van der Waals surface area contributed by atoms with Crippen molar-refractivity contribution < 1.29 is 4.74 Å². The Labute approximate surface area is 57.4 Å². The number of ether oxygens (including phenoxy) is 1. The van der Waals surface area contributed by atoms with Crippen molar-refractivity contribution in [2.45, 2.75) is 39.4 Å². The molecule has 0 amide bonds. The van der Waals surface area contributed by atoms with Gasteiger partial charge in [-0.1, -0.05) is 0 Å². The Morgan fingerprint density at radius 1 is 1.44 bits per heavy atom. The fourth-order valence-electron chi connectivity index (χ4n) is 0.686. The maximum absolute atomic E-state index is 5.46. The first-order valence-corrected chi connectivity index (χ1v) is 3.36. The molecule has 2 nitrogen and oxygen atoms in total. The van der Waals surface area contributed by atoms with Gasteiger partial charge in [0, 0.05) is 6.54 Å². The number of nitrogens with two attached hydrogens (primary N) is 1. The quantitative estimate of drug-likeness (QED) is 0.623. The summed E-state index contributed by atoms with van der Waals surface area (Å²) < 4.78 is 5.46. The molecule has 0 aromatic rings. The molecule has 0 atom stereocenters. The first-order valence-electron chi connectivity index (χ1n) is 3.36. The second-order valence-corrected chi connectivity index (χ2v) is 3.13. The third-order valence-corrected chi connectivity index (χ3v) is 1.05. The molecule has 0 aliphatic rings. The van der Waals surface area contributed by atoms with Crippen LogP contribution in [0.5, 0.6) is 0 Å². The van der Waals surface area contributed by atoms with Gasteiger partial charge in [-0.05, 0) is 27.7 Å². The molecule has 0 aromatic carbocycles. The first-order chi connectivity index (χ1) is 3.98. The summed E-state index contributed by atoms with van der Waals surface area (Å²) in [5, 5.41) is 0.